The fourth-order valence-corrected chi connectivity index (χ4v) is 1.14. The average Bonchev–Trinajstić information content (AvgIpc) is 2.03. The Balaban J connectivity index is 3.14. The molecular formula is C10H20O2. The molecule has 0 aromatic carbocycles. The average molecular weight is 172 g/mol. The van der Waals surface area contributed by atoms with Crippen LogP contribution in [0.2, 0.25) is 0 Å². The minimum Gasteiger partial charge on any atom is -0.385 e. The van der Waals surface area contributed by atoms with E-state index in [-0.39, 0.29) is 5.78 Å². The Bertz CT molecular complexity index is 121. The van der Waals surface area contributed by atoms with Crippen LogP contribution in [0.1, 0.15) is 52.4 Å². The van der Waals surface area contributed by atoms with Gasteiger partial charge in [-0.1, -0.05) is 39.0 Å². The van der Waals surface area contributed by atoms with Crippen LogP contribution in [0.3, 0.4) is 0 Å². The molecule has 0 amide bonds. The molecule has 0 saturated heterocycles. The maximum atomic E-state index is 10.6. The largest absolute Gasteiger partial charge is 0.385 e. The molecule has 0 aliphatic carbocycles. The zero-order valence-electron chi connectivity index (χ0n) is 8.18. The number of aliphatic hydroxyl groups excluding tert-OH is 1. The van der Waals surface area contributed by atoms with E-state index in [9.17, 15) is 4.79 Å². The molecule has 0 aromatic heterocycles. The van der Waals surface area contributed by atoms with Crippen molar-refractivity contribution in [2.45, 2.75) is 58.5 Å². The van der Waals surface area contributed by atoms with E-state index in [4.69, 9.17) is 5.11 Å². The fourth-order valence-electron chi connectivity index (χ4n) is 1.14. The van der Waals surface area contributed by atoms with Gasteiger partial charge in [-0.05, 0) is 13.3 Å². The summed E-state index contributed by atoms with van der Waals surface area (Å²) in [6.45, 7) is 3.61. The van der Waals surface area contributed by atoms with E-state index < -0.39 is 6.10 Å². The SMILES string of the molecule is CCCCCCCC(O)C(C)=O. The molecule has 0 rings (SSSR count). The summed E-state index contributed by atoms with van der Waals surface area (Å²) in [4.78, 5) is 10.6. The van der Waals surface area contributed by atoms with Crippen LogP contribution in [-0.4, -0.2) is 17.0 Å². The van der Waals surface area contributed by atoms with Gasteiger partial charge in [0, 0.05) is 0 Å². The van der Waals surface area contributed by atoms with E-state index in [1.807, 2.05) is 0 Å². The van der Waals surface area contributed by atoms with Gasteiger partial charge >= 0.3 is 0 Å². The summed E-state index contributed by atoms with van der Waals surface area (Å²) >= 11 is 0. The van der Waals surface area contributed by atoms with Crippen LogP contribution in [0.4, 0.5) is 0 Å². The standard InChI is InChI=1S/C10H20O2/c1-3-4-5-6-7-8-10(12)9(2)11/h10,12H,3-8H2,1-2H3. The molecule has 0 bridgehead atoms. The minimum atomic E-state index is -0.716. The van der Waals surface area contributed by atoms with Gasteiger partial charge in [-0.25, -0.2) is 0 Å². The van der Waals surface area contributed by atoms with Gasteiger partial charge in [0.1, 0.15) is 6.10 Å². The molecule has 2 nitrogen and oxygen atoms in total. The highest BCUT2D eigenvalue weighted by molar-refractivity contribution is 5.79. The third-order valence-corrected chi connectivity index (χ3v) is 2.05. The Hall–Kier alpha value is -0.370. The smallest absolute Gasteiger partial charge is 0.158 e. The Morgan fingerprint density at radius 3 is 2.33 bits per heavy atom. The first-order valence-corrected chi connectivity index (χ1v) is 4.87. The Labute approximate surface area is 75.0 Å². The number of hydrogen-bond donors (Lipinski definition) is 1. The molecule has 1 N–H and O–H groups in total. The summed E-state index contributed by atoms with van der Waals surface area (Å²) in [6, 6.07) is 0. The van der Waals surface area contributed by atoms with Crippen LogP contribution in [-0.2, 0) is 4.79 Å². The number of Topliss-reactive ketones (excluding diaryl/α,β-unsaturated/α-hetero) is 1. The van der Waals surface area contributed by atoms with Gasteiger partial charge in [-0.2, -0.15) is 0 Å². The lowest BCUT2D eigenvalue weighted by Crippen LogP contribution is -2.16. The third kappa shape index (κ3) is 6.35. The molecule has 12 heavy (non-hydrogen) atoms. The maximum absolute atomic E-state index is 10.6. The Kier molecular flexibility index (Phi) is 7.06. The number of ketones is 1. The molecule has 1 atom stereocenters. The molecule has 2 heteroatoms. The summed E-state index contributed by atoms with van der Waals surface area (Å²) in [5, 5.41) is 9.13. The van der Waals surface area contributed by atoms with Crippen molar-refractivity contribution in [1.82, 2.24) is 0 Å². The number of aliphatic hydroxyl groups is 1. The first-order valence-electron chi connectivity index (χ1n) is 4.87. The second-order valence-electron chi connectivity index (χ2n) is 3.33. The zero-order chi connectivity index (χ0) is 9.40. The van der Waals surface area contributed by atoms with Crippen LogP contribution in [0.25, 0.3) is 0 Å². The predicted molar refractivity (Wildman–Crippen MR) is 50.1 cm³/mol. The molecule has 0 heterocycles. The van der Waals surface area contributed by atoms with Crippen LogP contribution in [0.15, 0.2) is 0 Å². The number of rotatable bonds is 7. The van der Waals surface area contributed by atoms with Crippen molar-refractivity contribution in [3.8, 4) is 0 Å². The quantitative estimate of drug-likeness (QED) is 0.598. The normalized spacial score (nSPS) is 12.9. The van der Waals surface area contributed by atoms with Gasteiger partial charge in [0.2, 0.25) is 0 Å². The number of carbonyl (C=O) groups is 1. The fraction of sp³-hybridized carbons (Fsp3) is 0.900. The van der Waals surface area contributed by atoms with Gasteiger partial charge in [0.25, 0.3) is 0 Å². The molecule has 0 aliphatic rings. The summed E-state index contributed by atoms with van der Waals surface area (Å²) < 4.78 is 0. The molecule has 0 fully saturated rings. The van der Waals surface area contributed by atoms with Crippen molar-refractivity contribution >= 4 is 5.78 Å². The molecule has 1 unspecified atom stereocenters. The number of hydrogen-bond acceptors (Lipinski definition) is 2. The lowest BCUT2D eigenvalue weighted by molar-refractivity contribution is -0.125. The molecule has 72 valence electrons. The van der Waals surface area contributed by atoms with Crippen molar-refractivity contribution in [3.63, 3.8) is 0 Å². The van der Waals surface area contributed by atoms with E-state index in [0.29, 0.717) is 6.42 Å². The highest BCUT2D eigenvalue weighted by atomic mass is 16.3. The zero-order valence-corrected chi connectivity index (χ0v) is 8.18. The summed E-state index contributed by atoms with van der Waals surface area (Å²) in [5.41, 5.74) is 0. The monoisotopic (exact) mass is 172 g/mol. The van der Waals surface area contributed by atoms with Crippen LogP contribution in [0.5, 0.6) is 0 Å². The van der Waals surface area contributed by atoms with Crippen molar-refractivity contribution < 1.29 is 9.90 Å². The second kappa shape index (κ2) is 7.29. The summed E-state index contributed by atoms with van der Waals surface area (Å²) in [5.74, 6) is -0.106. The lowest BCUT2D eigenvalue weighted by atomic mass is 10.1. The molecular weight excluding hydrogens is 152 g/mol. The highest BCUT2D eigenvalue weighted by Gasteiger charge is 2.07. The Morgan fingerprint density at radius 2 is 1.83 bits per heavy atom. The first kappa shape index (κ1) is 11.6. The van der Waals surface area contributed by atoms with Gasteiger partial charge in [-0.3, -0.25) is 4.79 Å². The molecule has 0 spiro atoms. The van der Waals surface area contributed by atoms with Crippen LogP contribution >= 0.6 is 0 Å². The van der Waals surface area contributed by atoms with Crippen LogP contribution < -0.4 is 0 Å². The maximum Gasteiger partial charge on any atom is 0.158 e. The van der Waals surface area contributed by atoms with E-state index in [2.05, 4.69) is 6.92 Å². The van der Waals surface area contributed by atoms with Gasteiger partial charge < -0.3 is 5.11 Å². The van der Waals surface area contributed by atoms with Gasteiger partial charge in [0.15, 0.2) is 5.78 Å². The van der Waals surface area contributed by atoms with Gasteiger partial charge in [-0.15, -0.1) is 0 Å². The first-order chi connectivity index (χ1) is 5.68. The second-order valence-corrected chi connectivity index (χ2v) is 3.33. The summed E-state index contributed by atoms with van der Waals surface area (Å²) in [6.07, 6.45) is 5.75. The lowest BCUT2D eigenvalue weighted by Gasteiger charge is -2.05. The predicted octanol–water partition coefficient (Wildman–Crippen LogP) is 2.30. The minimum absolute atomic E-state index is 0.106. The van der Waals surface area contributed by atoms with Crippen molar-refractivity contribution in [2.75, 3.05) is 0 Å². The number of unbranched alkanes of at least 4 members (excludes halogenated alkanes) is 4. The van der Waals surface area contributed by atoms with E-state index in [0.717, 1.165) is 12.8 Å². The molecule has 0 aromatic rings. The van der Waals surface area contributed by atoms with E-state index in [1.165, 1.54) is 26.2 Å². The molecule has 0 saturated carbocycles. The van der Waals surface area contributed by atoms with Crippen molar-refractivity contribution in [3.05, 3.63) is 0 Å². The number of carbonyl (C=O) groups excluding carboxylic acids is 1. The van der Waals surface area contributed by atoms with E-state index >= 15 is 0 Å². The van der Waals surface area contributed by atoms with Crippen molar-refractivity contribution in [2.24, 2.45) is 0 Å². The Morgan fingerprint density at radius 1 is 1.25 bits per heavy atom. The topological polar surface area (TPSA) is 37.3 Å². The van der Waals surface area contributed by atoms with Crippen molar-refractivity contribution in [1.29, 1.82) is 0 Å². The van der Waals surface area contributed by atoms with E-state index in [1.54, 1.807) is 0 Å². The molecule has 0 radical (unpaired) electrons. The molecule has 0 aliphatic heterocycles. The summed E-state index contributed by atoms with van der Waals surface area (Å²) in [7, 11) is 0. The van der Waals surface area contributed by atoms with Gasteiger partial charge in [0.05, 0.1) is 0 Å². The third-order valence-electron chi connectivity index (χ3n) is 2.05. The van der Waals surface area contributed by atoms with Crippen LogP contribution in [0, 0.1) is 0 Å². The highest BCUT2D eigenvalue weighted by Crippen LogP contribution is 2.07.